The van der Waals surface area contributed by atoms with Gasteiger partial charge in [-0.2, -0.15) is 0 Å². The number of aryl methyl sites for hydroxylation is 1. The van der Waals surface area contributed by atoms with Crippen molar-refractivity contribution in [1.29, 1.82) is 0 Å². The molecule has 9 heteroatoms. The highest BCUT2D eigenvalue weighted by Gasteiger charge is 2.27. The Morgan fingerprint density at radius 3 is 2.37 bits per heavy atom. The van der Waals surface area contributed by atoms with Crippen molar-refractivity contribution in [3.63, 3.8) is 0 Å². The lowest BCUT2D eigenvalue weighted by Gasteiger charge is -2.24. The van der Waals surface area contributed by atoms with Gasteiger partial charge in [0.1, 0.15) is 6.54 Å². The van der Waals surface area contributed by atoms with Crippen molar-refractivity contribution in [1.82, 2.24) is 5.32 Å². The van der Waals surface area contributed by atoms with Gasteiger partial charge in [0, 0.05) is 11.6 Å². The highest BCUT2D eigenvalue weighted by molar-refractivity contribution is 7.92. The number of hydrogen-bond donors (Lipinski definition) is 1. The van der Waals surface area contributed by atoms with Gasteiger partial charge in [-0.1, -0.05) is 41.4 Å². The van der Waals surface area contributed by atoms with E-state index >= 15 is 0 Å². The summed E-state index contributed by atoms with van der Waals surface area (Å²) in [7, 11) is -2.47. The maximum absolute atomic E-state index is 13.4. The minimum absolute atomic E-state index is 0.0117. The molecule has 0 radical (unpaired) electrons. The predicted molar refractivity (Wildman–Crippen MR) is 138 cm³/mol. The van der Waals surface area contributed by atoms with Crippen molar-refractivity contribution in [3.05, 3.63) is 82.9 Å². The number of halogens is 1. The number of carbonyl (C=O) groups excluding carboxylic acids is 1. The standard InChI is InChI=1S/C26H29ClN2O5S/c1-18(2)34-24-13-10-20(14-25(24)33-4)16-28-26(30)17-29(22-7-5-6-21(27)15-22)35(31,32)23-11-8-19(3)9-12-23/h5-15,18H,16-17H2,1-4H3,(H,28,30). The van der Waals surface area contributed by atoms with E-state index in [4.69, 9.17) is 21.1 Å². The molecule has 0 spiro atoms. The summed E-state index contributed by atoms with van der Waals surface area (Å²) < 4.78 is 39.1. The summed E-state index contributed by atoms with van der Waals surface area (Å²) in [5.41, 5.74) is 2.00. The fourth-order valence-corrected chi connectivity index (χ4v) is 4.94. The third kappa shape index (κ3) is 6.90. The highest BCUT2D eigenvalue weighted by Crippen LogP contribution is 2.29. The number of nitrogens with zero attached hydrogens (tertiary/aromatic N) is 1. The number of anilines is 1. The summed E-state index contributed by atoms with van der Waals surface area (Å²) in [6.45, 7) is 5.48. The zero-order valence-electron chi connectivity index (χ0n) is 20.1. The molecule has 0 aliphatic rings. The number of ether oxygens (including phenoxy) is 2. The average Bonchev–Trinajstić information content (AvgIpc) is 2.81. The van der Waals surface area contributed by atoms with Crippen molar-refractivity contribution >= 4 is 33.2 Å². The second-order valence-electron chi connectivity index (χ2n) is 8.23. The van der Waals surface area contributed by atoms with Crippen molar-refractivity contribution in [2.75, 3.05) is 18.0 Å². The molecule has 0 atom stereocenters. The Balaban J connectivity index is 1.80. The maximum atomic E-state index is 13.4. The normalized spacial score (nSPS) is 11.3. The second-order valence-corrected chi connectivity index (χ2v) is 10.5. The smallest absolute Gasteiger partial charge is 0.264 e. The van der Waals surface area contributed by atoms with E-state index in [9.17, 15) is 13.2 Å². The van der Waals surface area contributed by atoms with Crippen LogP contribution < -0.4 is 19.1 Å². The molecule has 0 heterocycles. The lowest BCUT2D eigenvalue weighted by molar-refractivity contribution is -0.119. The molecular weight excluding hydrogens is 488 g/mol. The first-order valence-corrected chi connectivity index (χ1v) is 12.9. The molecule has 35 heavy (non-hydrogen) atoms. The number of carbonyl (C=O) groups is 1. The van der Waals surface area contributed by atoms with Gasteiger partial charge < -0.3 is 14.8 Å². The van der Waals surface area contributed by atoms with E-state index in [1.807, 2.05) is 26.8 Å². The summed E-state index contributed by atoms with van der Waals surface area (Å²) in [5, 5.41) is 3.15. The quantitative estimate of drug-likeness (QED) is 0.412. The highest BCUT2D eigenvalue weighted by atomic mass is 35.5. The Morgan fingerprint density at radius 1 is 1.03 bits per heavy atom. The molecule has 7 nitrogen and oxygen atoms in total. The van der Waals surface area contributed by atoms with E-state index in [-0.39, 0.29) is 17.5 Å². The van der Waals surface area contributed by atoms with Gasteiger partial charge in [-0.05, 0) is 68.8 Å². The van der Waals surface area contributed by atoms with Gasteiger partial charge in [0.15, 0.2) is 11.5 Å². The van der Waals surface area contributed by atoms with Crippen LogP contribution in [0.2, 0.25) is 5.02 Å². The van der Waals surface area contributed by atoms with Crippen molar-refractivity contribution in [2.24, 2.45) is 0 Å². The third-order valence-electron chi connectivity index (χ3n) is 5.07. The Labute approximate surface area is 211 Å². The summed E-state index contributed by atoms with van der Waals surface area (Å²) in [6.07, 6.45) is -0.0117. The van der Waals surface area contributed by atoms with E-state index in [0.717, 1.165) is 15.4 Å². The van der Waals surface area contributed by atoms with Gasteiger partial charge in [0.2, 0.25) is 5.91 Å². The Kier molecular flexibility index (Phi) is 8.64. The van der Waals surface area contributed by atoms with E-state index in [2.05, 4.69) is 5.32 Å². The van der Waals surface area contributed by atoms with Crippen LogP contribution in [0.4, 0.5) is 5.69 Å². The minimum atomic E-state index is -4.02. The molecule has 3 rings (SSSR count). The molecule has 3 aromatic rings. The van der Waals surface area contributed by atoms with Crippen molar-refractivity contribution < 1.29 is 22.7 Å². The summed E-state index contributed by atoms with van der Waals surface area (Å²) in [4.78, 5) is 13.0. The Hall–Kier alpha value is -3.23. The first kappa shape index (κ1) is 26.4. The number of benzene rings is 3. The number of rotatable bonds is 10. The van der Waals surface area contributed by atoms with Crippen LogP contribution >= 0.6 is 11.6 Å². The molecule has 0 unspecified atom stereocenters. The molecule has 3 aromatic carbocycles. The SMILES string of the molecule is COc1cc(CNC(=O)CN(c2cccc(Cl)c2)S(=O)(=O)c2ccc(C)cc2)ccc1OC(C)C. The first-order valence-electron chi connectivity index (χ1n) is 11.1. The topological polar surface area (TPSA) is 84.9 Å². The zero-order chi connectivity index (χ0) is 25.6. The van der Waals surface area contributed by atoms with Crippen molar-refractivity contribution in [2.45, 2.75) is 38.3 Å². The summed E-state index contributed by atoms with van der Waals surface area (Å²) in [5.74, 6) is 0.684. The third-order valence-corrected chi connectivity index (χ3v) is 7.10. The largest absolute Gasteiger partial charge is 0.493 e. The molecule has 0 aliphatic carbocycles. The van der Waals surface area contributed by atoms with Gasteiger partial charge in [-0.25, -0.2) is 8.42 Å². The van der Waals surface area contributed by atoms with Crippen molar-refractivity contribution in [3.8, 4) is 11.5 Å². The molecule has 1 N–H and O–H groups in total. The fraction of sp³-hybridized carbons (Fsp3) is 0.269. The molecular formula is C26H29ClN2O5S. The van der Waals surface area contributed by atoms with Crippen LogP contribution in [0.1, 0.15) is 25.0 Å². The molecule has 0 saturated carbocycles. The van der Waals surface area contributed by atoms with Gasteiger partial charge >= 0.3 is 0 Å². The van der Waals surface area contributed by atoms with Gasteiger partial charge in [0.05, 0.1) is 23.8 Å². The van der Waals surface area contributed by atoms with E-state index in [1.165, 1.54) is 18.2 Å². The van der Waals surface area contributed by atoms with Crippen LogP contribution in [-0.2, 0) is 21.4 Å². The molecule has 0 fully saturated rings. The lowest BCUT2D eigenvalue weighted by atomic mass is 10.2. The van der Waals surface area contributed by atoms with E-state index < -0.39 is 22.5 Å². The van der Waals surface area contributed by atoms with Crippen LogP contribution in [0.3, 0.4) is 0 Å². The van der Waals surface area contributed by atoms with Crippen LogP contribution in [0.15, 0.2) is 71.6 Å². The monoisotopic (exact) mass is 516 g/mol. The number of amides is 1. The maximum Gasteiger partial charge on any atom is 0.264 e. The Morgan fingerprint density at radius 2 is 1.74 bits per heavy atom. The molecule has 186 valence electrons. The fourth-order valence-electron chi connectivity index (χ4n) is 3.34. The second kappa shape index (κ2) is 11.5. The number of nitrogens with one attached hydrogen (secondary N) is 1. The Bertz CT molecular complexity index is 1280. The molecule has 0 aliphatic heterocycles. The summed E-state index contributed by atoms with van der Waals surface area (Å²) >= 11 is 6.11. The van der Waals surface area contributed by atoms with Gasteiger partial charge in [0.25, 0.3) is 10.0 Å². The number of hydrogen-bond acceptors (Lipinski definition) is 5. The average molecular weight is 517 g/mol. The van der Waals surface area contributed by atoms with Gasteiger partial charge in [-0.15, -0.1) is 0 Å². The zero-order valence-corrected chi connectivity index (χ0v) is 21.7. The predicted octanol–water partition coefficient (Wildman–Crippen LogP) is 4.96. The minimum Gasteiger partial charge on any atom is -0.493 e. The van der Waals surface area contributed by atoms with Crippen LogP contribution in [0.5, 0.6) is 11.5 Å². The van der Waals surface area contributed by atoms with Crippen LogP contribution in [-0.4, -0.2) is 34.1 Å². The molecule has 1 amide bonds. The van der Waals surface area contributed by atoms with E-state index in [0.29, 0.717) is 22.2 Å². The number of methoxy groups -OCH3 is 1. The summed E-state index contributed by atoms with van der Waals surface area (Å²) in [6, 6.07) is 18.2. The lowest BCUT2D eigenvalue weighted by Crippen LogP contribution is -2.40. The molecule has 0 saturated heterocycles. The van der Waals surface area contributed by atoms with Gasteiger partial charge in [-0.3, -0.25) is 9.10 Å². The van der Waals surface area contributed by atoms with E-state index in [1.54, 1.807) is 49.6 Å². The van der Waals surface area contributed by atoms with Crippen LogP contribution in [0, 0.1) is 6.92 Å². The van der Waals surface area contributed by atoms with Crippen LogP contribution in [0.25, 0.3) is 0 Å². The molecule has 0 bridgehead atoms. The number of sulfonamides is 1. The first-order chi connectivity index (χ1) is 16.6. The molecule has 0 aromatic heterocycles.